The van der Waals surface area contributed by atoms with E-state index < -0.39 is 0 Å². The third kappa shape index (κ3) is 3.97. The molecule has 1 aromatic heterocycles. The molecule has 0 unspecified atom stereocenters. The number of aryl methyl sites for hydroxylation is 2. The van der Waals surface area contributed by atoms with Crippen LogP contribution in [-0.2, 0) is 0 Å². The average Bonchev–Trinajstić information content (AvgIpc) is 2.64. The van der Waals surface area contributed by atoms with Gasteiger partial charge in [0.05, 0.1) is 12.8 Å². The molecule has 0 saturated carbocycles. The van der Waals surface area contributed by atoms with Gasteiger partial charge in [0.15, 0.2) is 0 Å². The number of nitrogens with one attached hydrogen (secondary N) is 2. The molecule has 0 radical (unpaired) electrons. The molecule has 0 aliphatic carbocycles. The molecule has 2 N–H and O–H groups in total. The van der Waals surface area contributed by atoms with Crippen LogP contribution in [0.4, 0.5) is 17.2 Å². The number of ether oxygens (including phenoxy) is 1. The van der Waals surface area contributed by atoms with E-state index >= 15 is 0 Å². The predicted octanol–water partition coefficient (Wildman–Crippen LogP) is 4.10. The standard InChI is InChI=1S/C20H20N4O2/c1-13-8-9-18(26-3)16(10-13)24-20(25)17-11-19(22-12-21-17)23-15-7-5-4-6-14(15)2/h4-12H,1-3H3,(H,24,25)(H,21,22,23). The van der Waals surface area contributed by atoms with Crippen LogP contribution >= 0.6 is 0 Å². The fraction of sp³-hybridized carbons (Fsp3) is 0.150. The first kappa shape index (κ1) is 17.4. The van der Waals surface area contributed by atoms with Crippen molar-refractivity contribution < 1.29 is 9.53 Å². The van der Waals surface area contributed by atoms with Crippen molar-refractivity contribution in [2.75, 3.05) is 17.7 Å². The predicted molar refractivity (Wildman–Crippen MR) is 102 cm³/mol. The monoisotopic (exact) mass is 348 g/mol. The average molecular weight is 348 g/mol. The van der Waals surface area contributed by atoms with E-state index in [2.05, 4.69) is 20.6 Å². The van der Waals surface area contributed by atoms with Crippen molar-refractivity contribution >= 4 is 23.1 Å². The summed E-state index contributed by atoms with van der Waals surface area (Å²) in [5.74, 6) is 0.816. The van der Waals surface area contributed by atoms with Crippen molar-refractivity contribution in [3.05, 3.63) is 71.7 Å². The zero-order valence-corrected chi connectivity index (χ0v) is 14.9. The van der Waals surface area contributed by atoms with Crippen LogP contribution in [0.5, 0.6) is 5.75 Å². The molecule has 1 amide bonds. The van der Waals surface area contributed by atoms with E-state index in [1.54, 1.807) is 13.2 Å². The highest BCUT2D eigenvalue weighted by molar-refractivity contribution is 6.04. The molecule has 132 valence electrons. The lowest BCUT2D eigenvalue weighted by Crippen LogP contribution is -2.15. The second-order valence-corrected chi connectivity index (χ2v) is 5.89. The smallest absolute Gasteiger partial charge is 0.274 e. The number of hydrogen-bond donors (Lipinski definition) is 2. The summed E-state index contributed by atoms with van der Waals surface area (Å²) in [7, 11) is 1.56. The molecule has 0 saturated heterocycles. The summed E-state index contributed by atoms with van der Waals surface area (Å²) in [5.41, 5.74) is 3.90. The first-order valence-corrected chi connectivity index (χ1v) is 8.17. The molecule has 0 aliphatic heterocycles. The molecule has 0 aliphatic rings. The maximum absolute atomic E-state index is 12.6. The summed E-state index contributed by atoms with van der Waals surface area (Å²) in [5, 5.41) is 6.05. The van der Waals surface area contributed by atoms with Gasteiger partial charge >= 0.3 is 0 Å². The number of para-hydroxylation sites is 1. The molecule has 6 heteroatoms. The molecular formula is C20H20N4O2. The summed E-state index contributed by atoms with van der Waals surface area (Å²) in [4.78, 5) is 20.8. The number of hydrogen-bond acceptors (Lipinski definition) is 5. The van der Waals surface area contributed by atoms with Crippen LogP contribution in [0.15, 0.2) is 54.9 Å². The summed E-state index contributed by atoms with van der Waals surface area (Å²) >= 11 is 0. The van der Waals surface area contributed by atoms with Gasteiger partial charge in [0.1, 0.15) is 23.6 Å². The molecule has 3 rings (SSSR count). The van der Waals surface area contributed by atoms with Gasteiger partial charge in [-0.15, -0.1) is 0 Å². The molecule has 0 bridgehead atoms. The van der Waals surface area contributed by atoms with Crippen molar-refractivity contribution in [1.29, 1.82) is 0 Å². The van der Waals surface area contributed by atoms with Crippen molar-refractivity contribution in [2.45, 2.75) is 13.8 Å². The zero-order chi connectivity index (χ0) is 18.5. The van der Waals surface area contributed by atoms with Gasteiger partial charge in [0, 0.05) is 11.8 Å². The highest BCUT2D eigenvalue weighted by Crippen LogP contribution is 2.26. The third-order valence-corrected chi connectivity index (χ3v) is 3.91. The molecular weight excluding hydrogens is 328 g/mol. The van der Waals surface area contributed by atoms with Gasteiger partial charge in [-0.3, -0.25) is 4.79 Å². The van der Waals surface area contributed by atoms with Crippen molar-refractivity contribution in [2.24, 2.45) is 0 Å². The number of benzene rings is 2. The minimum Gasteiger partial charge on any atom is -0.495 e. The van der Waals surface area contributed by atoms with Gasteiger partial charge < -0.3 is 15.4 Å². The number of carbonyl (C=O) groups is 1. The molecule has 26 heavy (non-hydrogen) atoms. The number of carbonyl (C=O) groups excluding carboxylic acids is 1. The van der Waals surface area contributed by atoms with Crippen molar-refractivity contribution in [1.82, 2.24) is 9.97 Å². The fourth-order valence-corrected chi connectivity index (χ4v) is 2.51. The number of methoxy groups -OCH3 is 1. The summed E-state index contributed by atoms with van der Waals surface area (Å²) in [6, 6.07) is 15.1. The molecule has 2 aromatic carbocycles. The fourth-order valence-electron chi connectivity index (χ4n) is 2.51. The van der Waals surface area contributed by atoms with E-state index in [4.69, 9.17) is 4.74 Å². The largest absolute Gasteiger partial charge is 0.495 e. The lowest BCUT2D eigenvalue weighted by Gasteiger charge is -2.12. The van der Waals surface area contributed by atoms with Gasteiger partial charge in [-0.2, -0.15) is 0 Å². The van der Waals surface area contributed by atoms with E-state index in [1.807, 2.05) is 56.3 Å². The topological polar surface area (TPSA) is 76.1 Å². The first-order chi connectivity index (χ1) is 12.6. The normalized spacial score (nSPS) is 10.3. The summed E-state index contributed by atoms with van der Waals surface area (Å²) < 4.78 is 5.29. The van der Waals surface area contributed by atoms with E-state index in [1.165, 1.54) is 6.33 Å². The Morgan fingerprint density at radius 2 is 1.81 bits per heavy atom. The van der Waals surface area contributed by atoms with Crippen LogP contribution in [0.3, 0.4) is 0 Å². The Hall–Kier alpha value is -3.41. The Morgan fingerprint density at radius 1 is 1.00 bits per heavy atom. The van der Waals surface area contributed by atoms with Gasteiger partial charge in [-0.1, -0.05) is 24.3 Å². The van der Waals surface area contributed by atoms with Crippen molar-refractivity contribution in [3.8, 4) is 5.75 Å². The van der Waals surface area contributed by atoms with E-state index in [0.717, 1.165) is 16.8 Å². The van der Waals surface area contributed by atoms with Crippen LogP contribution < -0.4 is 15.4 Å². The third-order valence-electron chi connectivity index (χ3n) is 3.91. The lowest BCUT2D eigenvalue weighted by molar-refractivity contribution is 0.102. The zero-order valence-electron chi connectivity index (χ0n) is 14.9. The lowest BCUT2D eigenvalue weighted by atomic mass is 10.2. The Balaban J connectivity index is 1.81. The SMILES string of the molecule is COc1ccc(C)cc1NC(=O)c1cc(Nc2ccccc2C)ncn1. The highest BCUT2D eigenvalue weighted by Gasteiger charge is 2.12. The first-order valence-electron chi connectivity index (χ1n) is 8.17. The number of aromatic nitrogens is 2. The van der Waals surface area contributed by atoms with Crippen LogP contribution in [0.25, 0.3) is 0 Å². The number of amides is 1. The van der Waals surface area contributed by atoms with Gasteiger partial charge in [-0.25, -0.2) is 9.97 Å². The Kier molecular flexibility index (Phi) is 5.12. The van der Waals surface area contributed by atoms with Gasteiger partial charge in [0.2, 0.25) is 0 Å². The van der Waals surface area contributed by atoms with Crippen LogP contribution in [0, 0.1) is 13.8 Å². The highest BCUT2D eigenvalue weighted by atomic mass is 16.5. The molecule has 6 nitrogen and oxygen atoms in total. The van der Waals surface area contributed by atoms with Crippen LogP contribution in [0.1, 0.15) is 21.6 Å². The molecule has 0 fully saturated rings. The second kappa shape index (κ2) is 7.65. The minimum absolute atomic E-state index is 0.264. The van der Waals surface area contributed by atoms with Gasteiger partial charge in [-0.05, 0) is 43.2 Å². The molecule has 3 aromatic rings. The Bertz CT molecular complexity index is 941. The number of nitrogens with zero attached hydrogens (tertiary/aromatic N) is 2. The number of anilines is 3. The second-order valence-electron chi connectivity index (χ2n) is 5.89. The van der Waals surface area contributed by atoms with Crippen LogP contribution in [-0.4, -0.2) is 23.0 Å². The maximum atomic E-state index is 12.6. The van der Waals surface area contributed by atoms with Crippen LogP contribution in [0.2, 0.25) is 0 Å². The molecule has 0 spiro atoms. The van der Waals surface area contributed by atoms with E-state index in [9.17, 15) is 4.79 Å². The molecule has 1 heterocycles. The minimum atomic E-state index is -0.330. The maximum Gasteiger partial charge on any atom is 0.274 e. The molecule has 0 atom stereocenters. The number of rotatable bonds is 5. The summed E-state index contributed by atoms with van der Waals surface area (Å²) in [6.07, 6.45) is 1.36. The van der Waals surface area contributed by atoms with E-state index in [0.29, 0.717) is 17.3 Å². The Labute approximate surface area is 152 Å². The van der Waals surface area contributed by atoms with E-state index in [-0.39, 0.29) is 11.6 Å². The summed E-state index contributed by atoms with van der Waals surface area (Å²) in [6.45, 7) is 3.95. The quantitative estimate of drug-likeness (QED) is 0.726. The van der Waals surface area contributed by atoms with Crippen molar-refractivity contribution in [3.63, 3.8) is 0 Å². The van der Waals surface area contributed by atoms with Gasteiger partial charge in [0.25, 0.3) is 5.91 Å². The Morgan fingerprint density at radius 3 is 2.58 bits per heavy atom.